The molecule has 5 rings (SSSR count). The highest BCUT2D eigenvalue weighted by Gasteiger charge is 2.53. The van der Waals surface area contributed by atoms with Gasteiger partial charge in [0.2, 0.25) is 5.79 Å². The van der Waals surface area contributed by atoms with Crippen LogP contribution in [0.3, 0.4) is 0 Å². The third-order valence-electron chi connectivity index (χ3n) is 15.2. The number of ketones is 3. The number of hydrogen-bond donors (Lipinski definition) is 2. The van der Waals surface area contributed by atoms with E-state index < -0.39 is 77.8 Å². The Morgan fingerprint density at radius 2 is 1.64 bits per heavy atom. The summed E-state index contributed by atoms with van der Waals surface area (Å²) in [6, 6.07) is -1.19. The summed E-state index contributed by atoms with van der Waals surface area (Å²) >= 11 is 0. The molecule has 17 heteroatoms. The molecule has 384 valence electrons. The monoisotopic (exact) mass is 966 g/mol. The molecular formula is C52H79N5O12. The number of cyclic esters (lactones) is 1. The maximum absolute atomic E-state index is 14.5. The van der Waals surface area contributed by atoms with Crippen molar-refractivity contribution in [2.75, 3.05) is 27.9 Å². The van der Waals surface area contributed by atoms with E-state index in [1.165, 1.54) is 12.0 Å². The molecule has 1 amide bonds. The van der Waals surface area contributed by atoms with Crippen LogP contribution in [0.1, 0.15) is 132 Å². The highest BCUT2D eigenvalue weighted by molar-refractivity contribution is 6.39. The van der Waals surface area contributed by atoms with Crippen LogP contribution in [0, 0.1) is 35.5 Å². The van der Waals surface area contributed by atoms with Gasteiger partial charge in [0, 0.05) is 58.5 Å². The fourth-order valence-corrected chi connectivity index (χ4v) is 10.7. The predicted octanol–water partition coefficient (Wildman–Crippen LogP) is 6.05. The van der Waals surface area contributed by atoms with Gasteiger partial charge in [0.15, 0.2) is 5.78 Å². The number of hydrogen-bond acceptors (Lipinski definition) is 15. The van der Waals surface area contributed by atoms with Crippen molar-refractivity contribution in [3.05, 3.63) is 53.9 Å². The third kappa shape index (κ3) is 14.2. The smallest absolute Gasteiger partial charge is 0.329 e. The van der Waals surface area contributed by atoms with Crippen LogP contribution >= 0.6 is 0 Å². The van der Waals surface area contributed by atoms with Gasteiger partial charge in [0.1, 0.15) is 36.5 Å². The number of carbonyl (C=O) groups is 5. The number of esters is 1. The van der Waals surface area contributed by atoms with Gasteiger partial charge in [-0.15, -0.1) is 5.10 Å². The van der Waals surface area contributed by atoms with E-state index in [4.69, 9.17) is 23.7 Å². The average Bonchev–Trinajstić information content (AvgIpc) is 3.88. The molecule has 0 unspecified atom stereocenters. The Bertz CT molecular complexity index is 2020. The molecule has 1 saturated carbocycles. The van der Waals surface area contributed by atoms with Gasteiger partial charge in [-0.3, -0.25) is 19.2 Å². The first-order chi connectivity index (χ1) is 32.8. The second kappa shape index (κ2) is 25.7. The molecule has 1 aromatic heterocycles. The number of allylic oxidation sites excluding steroid dienone is 6. The molecule has 0 spiro atoms. The molecule has 17 nitrogen and oxygen atoms in total. The van der Waals surface area contributed by atoms with E-state index in [0.29, 0.717) is 56.9 Å². The maximum atomic E-state index is 14.5. The van der Waals surface area contributed by atoms with Crippen LogP contribution in [-0.2, 0) is 47.7 Å². The summed E-state index contributed by atoms with van der Waals surface area (Å²) in [4.78, 5) is 72.3. The lowest BCUT2D eigenvalue weighted by atomic mass is 9.77. The summed E-state index contributed by atoms with van der Waals surface area (Å²) in [5.74, 6) is -7.92. The summed E-state index contributed by atoms with van der Waals surface area (Å²) < 4.78 is 31.6. The van der Waals surface area contributed by atoms with Crippen molar-refractivity contribution < 1.29 is 57.9 Å². The summed E-state index contributed by atoms with van der Waals surface area (Å²) in [6.45, 7) is 12.8. The van der Waals surface area contributed by atoms with E-state index in [-0.39, 0.29) is 60.9 Å². The fourth-order valence-electron chi connectivity index (χ4n) is 10.7. The van der Waals surface area contributed by atoms with Crippen molar-refractivity contribution in [1.82, 2.24) is 25.1 Å². The van der Waals surface area contributed by atoms with Crippen LogP contribution in [0.4, 0.5) is 0 Å². The standard InChI is InChI=1S/C52H79N5O12/c1-31-16-12-11-13-17-32(2)43(65-8)28-39-21-19-37(7)52(64,69-39)49(61)50(62)56-23-15-14-18-41(56)51(63)68-44(34(4)26-38-20-22-40(45(27-38)66-9)57-30-53-54-55-57)29-42(58)33(3)25-36(6)47(60)48(67-10)46(59)35(5)24-31/h11-13,16-17,25,30-31,33-35,37-41,43-45,47-48,60,64H,14-15,18-24,26-29H2,1-10H3/b13-11+,16-12+,32-17-,36-25+/t31-,33-,34-,35+,37+,38+,39-,40+,41-,43-,44+,45-,47+,48-,52-/m1/s1. The lowest BCUT2D eigenvalue weighted by molar-refractivity contribution is -0.265. The molecule has 0 aromatic carbocycles. The Morgan fingerprint density at radius 1 is 0.884 bits per heavy atom. The molecular weight excluding hydrogens is 887 g/mol. The number of aliphatic hydroxyl groups excluding tert-OH is 1. The number of tetrazole rings is 1. The Morgan fingerprint density at radius 3 is 2.32 bits per heavy atom. The zero-order chi connectivity index (χ0) is 50.6. The Kier molecular flexibility index (Phi) is 20.8. The molecule has 1 aromatic rings. The number of aliphatic hydroxyl groups is 2. The average molecular weight is 966 g/mol. The molecule has 3 aliphatic heterocycles. The number of carbonyl (C=O) groups excluding carboxylic acids is 5. The minimum Gasteiger partial charge on any atom is -0.460 e. The minimum absolute atomic E-state index is 0.0170. The van der Waals surface area contributed by atoms with Crippen molar-refractivity contribution in [2.24, 2.45) is 35.5 Å². The van der Waals surface area contributed by atoms with E-state index in [2.05, 4.69) is 15.5 Å². The molecule has 3 fully saturated rings. The number of rotatable bonds is 7. The van der Waals surface area contributed by atoms with Crippen LogP contribution in [0.5, 0.6) is 0 Å². The topological polar surface area (TPSA) is 219 Å². The lowest BCUT2D eigenvalue weighted by Crippen LogP contribution is -2.61. The number of fused-ring (bicyclic) bond motifs is 3. The molecule has 4 aliphatic rings. The molecule has 15 atom stereocenters. The van der Waals surface area contributed by atoms with E-state index in [1.807, 2.05) is 58.1 Å². The van der Waals surface area contributed by atoms with Crippen molar-refractivity contribution in [1.29, 1.82) is 0 Å². The number of aromatic nitrogens is 4. The third-order valence-corrected chi connectivity index (χ3v) is 15.2. The number of Topliss-reactive ketones (excluding diaryl/α,β-unsaturated/α-hetero) is 3. The van der Waals surface area contributed by atoms with E-state index in [1.54, 1.807) is 52.1 Å². The van der Waals surface area contributed by atoms with Gasteiger partial charge in [-0.05, 0) is 117 Å². The maximum Gasteiger partial charge on any atom is 0.329 e. The largest absolute Gasteiger partial charge is 0.460 e. The van der Waals surface area contributed by atoms with Crippen molar-refractivity contribution in [2.45, 2.75) is 180 Å². The van der Waals surface area contributed by atoms with Gasteiger partial charge in [-0.25, -0.2) is 9.48 Å². The normalized spacial score (nSPS) is 38.8. The van der Waals surface area contributed by atoms with Gasteiger partial charge in [0.25, 0.3) is 11.7 Å². The summed E-state index contributed by atoms with van der Waals surface area (Å²) in [7, 11) is 4.62. The molecule has 1 aliphatic carbocycles. The molecule has 4 heterocycles. The first kappa shape index (κ1) is 55.7. The van der Waals surface area contributed by atoms with Crippen LogP contribution in [0.2, 0.25) is 0 Å². The zero-order valence-electron chi connectivity index (χ0n) is 42.5. The lowest BCUT2D eigenvalue weighted by Gasteiger charge is -2.42. The van der Waals surface area contributed by atoms with Crippen LogP contribution in [0.25, 0.3) is 0 Å². The number of methoxy groups -OCH3 is 3. The second-order valence-corrected chi connectivity index (χ2v) is 20.4. The van der Waals surface area contributed by atoms with Crippen LogP contribution in [-0.4, -0.2) is 141 Å². The number of ether oxygens (including phenoxy) is 5. The van der Waals surface area contributed by atoms with Gasteiger partial charge < -0.3 is 38.8 Å². The molecule has 2 saturated heterocycles. The van der Waals surface area contributed by atoms with E-state index in [0.717, 1.165) is 18.4 Å². The minimum atomic E-state index is -2.43. The van der Waals surface area contributed by atoms with Gasteiger partial charge in [-0.2, -0.15) is 0 Å². The molecule has 0 radical (unpaired) electrons. The highest BCUT2D eigenvalue weighted by atomic mass is 16.6. The first-order valence-electron chi connectivity index (χ1n) is 25.0. The number of piperidine rings is 1. The Labute approximate surface area is 408 Å². The predicted molar refractivity (Wildman–Crippen MR) is 256 cm³/mol. The molecule has 69 heavy (non-hydrogen) atoms. The summed E-state index contributed by atoms with van der Waals surface area (Å²) in [5.41, 5.74) is 1.27. The molecule has 2 N–H and O–H groups in total. The Balaban J connectivity index is 1.46. The van der Waals surface area contributed by atoms with Gasteiger partial charge in [0.05, 0.1) is 24.4 Å². The summed E-state index contributed by atoms with van der Waals surface area (Å²) in [6.07, 6.45) is 13.9. The first-order valence-corrected chi connectivity index (χ1v) is 25.0. The van der Waals surface area contributed by atoms with Crippen molar-refractivity contribution in [3.8, 4) is 0 Å². The van der Waals surface area contributed by atoms with Crippen LogP contribution < -0.4 is 0 Å². The Hall–Kier alpha value is -4.26. The SMILES string of the molecule is CO[C@@H]1C(=O)[C@@H](C)C[C@H](C)/C=C/C=C/C=C(/C)[C@H](OC)C[C@H]2CC[C@H](C)[C@@](O)(O2)C(=O)C(=O)N2CCCC[C@@H]2C(=O)O[C@H]([C@H](C)C[C@@H]2CC[C@H](n3cnnn3)[C@H](OC)C2)CC(=O)[C@H](C)/C=C(\C)[C@@H]1O. The van der Waals surface area contributed by atoms with E-state index >= 15 is 0 Å². The van der Waals surface area contributed by atoms with Crippen molar-refractivity contribution >= 4 is 29.2 Å². The van der Waals surface area contributed by atoms with Crippen LogP contribution in [0.15, 0.2) is 53.9 Å². The zero-order valence-corrected chi connectivity index (χ0v) is 42.5. The fraction of sp³-hybridized carbons (Fsp3) is 0.731. The number of amides is 1. The molecule has 2 bridgehead atoms. The highest BCUT2D eigenvalue weighted by Crippen LogP contribution is 2.39. The quantitative estimate of drug-likeness (QED) is 0.181. The van der Waals surface area contributed by atoms with Gasteiger partial charge in [-0.1, -0.05) is 71.1 Å². The second-order valence-electron chi connectivity index (χ2n) is 20.4. The van der Waals surface area contributed by atoms with E-state index in [9.17, 15) is 34.2 Å². The number of nitrogens with zero attached hydrogens (tertiary/aromatic N) is 5. The van der Waals surface area contributed by atoms with Crippen molar-refractivity contribution in [3.63, 3.8) is 0 Å². The summed E-state index contributed by atoms with van der Waals surface area (Å²) in [5, 5.41) is 35.2. The van der Waals surface area contributed by atoms with Gasteiger partial charge >= 0.3 is 5.97 Å².